The normalized spacial score (nSPS) is 45.4. The molecule has 6 nitrogen and oxygen atoms in total. The second-order valence-electron chi connectivity index (χ2n) is 8.16. The van der Waals surface area contributed by atoms with Crippen LogP contribution in [-0.2, 0) is 23.7 Å². The van der Waals surface area contributed by atoms with Gasteiger partial charge in [0.2, 0.25) is 0 Å². The maximum atomic E-state index is 10.8. The van der Waals surface area contributed by atoms with Crippen LogP contribution in [0.25, 0.3) is 0 Å². The van der Waals surface area contributed by atoms with Crippen molar-refractivity contribution in [2.75, 3.05) is 6.61 Å². The van der Waals surface area contributed by atoms with E-state index < -0.39 is 23.8 Å². The summed E-state index contributed by atoms with van der Waals surface area (Å²) < 4.78 is 30.8. The summed E-state index contributed by atoms with van der Waals surface area (Å²) >= 11 is 0. The van der Waals surface area contributed by atoms with Crippen LogP contribution in [0.15, 0.2) is 12.7 Å². The van der Waals surface area contributed by atoms with Gasteiger partial charge in [0.25, 0.3) is 0 Å². The van der Waals surface area contributed by atoms with Crippen LogP contribution in [0.3, 0.4) is 0 Å². The Bertz CT molecular complexity index is 500. The molecule has 6 atom stereocenters. The standard InChI is InChI=1S/C19H30O6/c1-4-8-12-14(20)16-17(25-19(24-16)9-6-5-7-10-19)15(22-12)13-11-21-18(2,3)23-13/h4,12-17,20H,1,5-11H2,2-3H3. The Labute approximate surface area is 149 Å². The van der Waals surface area contributed by atoms with E-state index in [1.165, 1.54) is 6.42 Å². The van der Waals surface area contributed by atoms with E-state index in [0.29, 0.717) is 13.0 Å². The first-order chi connectivity index (χ1) is 11.9. The third-order valence-corrected chi connectivity index (χ3v) is 5.81. The predicted octanol–water partition coefficient (Wildman–Crippen LogP) is 2.29. The van der Waals surface area contributed by atoms with E-state index in [0.717, 1.165) is 25.7 Å². The average Bonchev–Trinajstić information content (AvgIpc) is 3.12. The zero-order valence-electron chi connectivity index (χ0n) is 15.2. The highest BCUT2D eigenvalue weighted by atomic mass is 16.8. The van der Waals surface area contributed by atoms with Crippen LogP contribution >= 0.6 is 0 Å². The molecular formula is C19H30O6. The minimum Gasteiger partial charge on any atom is -0.388 e. The van der Waals surface area contributed by atoms with Gasteiger partial charge < -0.3 is 28.8 Å². The van der Waals surface area contributed by atoms with Crippen molar-refractivity contribution in [1.29, 1.82) is 0 Å². The molecule has 0 bridgehead atoms. The molecule has 6 heteroatoms. The molecule has 3 saturated heterocycles. The Morgan fingerprint density at radius 3 is 2.40 bits per heavy atom. The van der Waals surface area contributed by atoms with E-state index in [1.807, 2.05) is 13.8 Å². The molecule has 1 spiro atoms. The van der Waals surface area contributed by atoms with Gasteiger partial charge in [-0.25, -0.2) is 0 Å². The summed E-state index contributed by atoms with van der Waals surface area (Å²) in [6.07, 6.45) is 5.10. The van der Waals surface area contributed by atoms with Gasteiger partial charge in [0.15, 0.2) is 11.6 Å². The van der Waals surface area contributed by atoms with Crippen LogP contribution in [0, 0.1) is 0 Å². The van der Waals surface area contributed by atoms with Crippen LogP contribution in [0.5, 0.6) is 0 Å². The zero-order chi connectivity index (χ0) is 17.7. The van der Waals surface area contributed by atoms with E-state index >= 15 is 0 Å². The van der Waals surface area contributed by atoms with Crippen molar-refractivity contribution in [2.45, 2.75) is 101 Å². The third-order valence-electron chi connectivity index (χ3n) is 5.81. The van der Waals surface area contributed by atoms with Crippen LogP contribution in [0.1, 0.15) is 52.4 Å². The summed E-state index contributed by atoms with van der Waals surface area (Å²) in [5.74, 6) is -1.20. The third kappa shape index (κ3) is 3.29. The lowest BCUT2D eigenvalue weighted by molar-refractivity contribution is -0.227. The molecule has 4 rings (SSSR count). The first-order valence-corrected chi connectivity index (χ1v) is 9.55. The summed E-state index contributed by atoms with van der Waals surface area (Å²) in [5, 5.41) is 10.8. The lowest BCUT2D eigenvalue weighted by Gasteiger charge is -2.41. The number of aliphatic hydroxyl groups excluding tert-OH is 1. The number of rotatable bonds is 3. The van der Waals surface area contributed by atoms with Gasteiger partial charge in [-0.15, -0.1) is 6.58 Å². The summed E-state index contributed by atoms with van der Waals surface area (Å²) in [6, 6.07) is 0. The molecule has 0 radical (unpaired) electrons. The smallest absolute Gasteiger partial charge is 0.169 e. The van der Waals surface area contributed by atoms with Gasteiger partial charge in [-0.05, 0) is 33.1 Å². The molecule has 0 aromatic heterocycles. The lowest BCUT2D eigenvalue weighted by atomic mass is 9.91. The Morgan fingerprint density at radius 2 is 1.76 bits per heavy atom. The highest BCUT2D eigenvalue weighted by Crippen LogP contribution is 2.46. The van der Waals surface area contributed by atoms with Crippen molar-refractivity contribution >= 4 is 0 Å². The fourth-order valence-corrected chi connectivity index (χ4v) is 4.61. The Hall–Kier alpha value is -0.500. The molecule has 4 fully saturated rings. The Kier molecular flexibility index (Phi) is 4.71. The molecule has 25 heavy (non-hydrogen) atoms. The molecule has 142 valence electrons. The van der Waals surface area contributed by atoms with Crippen molar-refractivity contribution in [2.24, 2.45) is 0 Å². The lowest BCUT2D eigenvalue weighted by Crippen LogP contribution is -2.59. The van der Waals surface area contributed by atoms with Crippen LogP contribution in [0.2, 0.25) is 0 Å². The number of ether oxygens (including phenoxy) is 5. The first kappa shape index (κ1) is 17.9. The van der Waals surface area contributed by atoms with Crippen LogP contribution in [-0.4, -0.2) is 59.9 Å². The molecule has 1 N–H and O–H groups in total. The second kappa shape index (κ2) is 6.59. The van der Waals surface area contributed by atoms with Crippen LogP contribution < -0.4 is 0 Å². The van der Waals surface area contributed by atoms with E-state index in [-0.39, 0.29) is 24.4 Å². The minimum atomic E-state index is -0.726. The molecule has 1 aliphatic carbocycles. The van der Waals surface area contributed by atoms with Crippen molar-refractivity contribution in [3.05, 3.63) is 12.7 Å². The number of hydrogen-bond donors (Lipinski definition) is 1. The highest BCUT2D eigenvalue weighted by molar-refractivity contribution is 5.04. The average molecular weight is 354 g/mol. The summed E-state index contributed by atoms with van der Waals surface area (Å²) in [4.78, 5) is 0. The van der Waals surface area contributed by atoms with Gasteiger partial charge in [-0.3, -0.25) is 0 Å². The molecule has 4 aliphatic rings. The van der Waals surface area contributed by atoms with Gasteiger partial charge in [-0.2, -0.15) is 0 Å². The second-order valence-corrected chi connectivity index (χ2v) is 8.16. The fourth-order valence-electron chi connectivity index (χ4n) is 4.61. The molecule has 0 amide bonds. The Morgan fingerprint density at radius 1 is 1.04 bits per heavy atom. The SMILES string of the molecule is C=CCC1OC(C2COC(C)(C)O2)C2OC3(CCCCC3)OC2C1O. The predicted molar refractivity (Wildman–Crippen MR) is 89.9 cm³/mol. The molecule has 1 saturated carbocycles. The molecular weight excluding hydrogens is 324 g/mol. The molecule has 3 heterocycles. The van der Waals surface area contributed by atoms with Crippen molar-refractivity contribution in [3.63, 3.8) is 0 Å². The van der Waals surface area contributed by atoms with Crippen LogP contribution in [0.4, 0.5) is 0 Å². The maximum absolute atomic E-state index is 10.8. The van der Waals surface area contributed by atoms with E-state index in [9.17, 15) is 5.11 Å². The number of hydrogen-bond acceptors (Lipinski definition) is 6. The topological polar surface area (TPSA) is 66.4 Å². The summed E-state index contributed by atoms with van der Waals surface area (Å²) in [6.45, 7) is 8.04. The van der Waals surface area contributed by atoms with E-state index in [2.05, 4.69) is 6.58 Å². The van der Waals surface area contributed by atoms with Gasteiger partial charge in [0.1, 0.15) is 30.5 Å². The van der Waals surface area contributed by atoms with E-state index in [1.54, 1.807) is 6.08 Å². The monoisotopic (exact) mass is 354 g/mol. The minimum absolute atomic E-state index is 0.232. The largest absolute Gasteiger partial charge is 0.388 e. The van der Waals surface area contributed by atoms with Crippen molar-refractivity contribution in [3.8, 4) is 0 Å². The van der Waals surface area contributed by atoms with Gasteiger partial charge in [-0.1, -0.05) is 12.5 Å². The van der Waals surface area contributed by atoms with Crippen molar-refractivity contribution < 1.29 is 28.8 Å². The molecule has 0 aromatic rings. The Balaban J connectivity index is 1.58. The first-order valence-electron chi connectivity index (χ1n) is 9.55. The highest BCUT2D eigenvalue weighted by Gasteiger charge is 2.60. The molecule has 6 unspecified atom stereocenters. The van der Waals surface area contributed by atoms with Gasteiger partial charge >= 0.3 is 0 Å². The fraction of sp³-hybridized carbons (Fsp3) is 0.895. The summed E-state index contributed by atoms with van der Waals surface area (Å²) in [7, 11) is 0. The number of fused-ring (bicyclic) bond motifs is 1. The van der Waals surface area contributed by atoms with Crippen molar-refractivity contribution in [1.82, 2.24) is 0 Å². The maximum Gasteiger partial charge on any atom is 0.169 e. The molecule has 0 aromatic carbocycles. The van der Waals surface area contributed by atoms with Gasteiger partial charge in [0, 0.05) is 12.8 Å². The van der Waals surface area contributed by atoms with E-state index in [4.69, 9.17) is 23.7 Å². The zero-order valence-corrected chi connectivity index (χ0v) is 15.2. The van der Waals surface area contributed by atoms with Gasteiger partial charge in [0.05, 0.1) is 12.7 Å². The summed E-state index contributed by atoms with van der Waals surface area (Å²) in [5.41, 5.74) is 0. The number of aliphatic hydroxyl groups is 1. The quantitative estimate of drug-likeness (QED) is 0.785. The molecule has 3 aliphatic heterocycles.